The van der Waals surface area contributed by atoms with Gasteiger partial charge in [0, 0.05) is 42.8 Å². The quantitative estimate of drug-likeness (QED) is 0.185. The van der Waals surface area contributed by atoms with Crippen LogP contribution in [0.4, 0.5) is 8.78 Å². The highest BCUT2D eigenvalue weighted by Crippen LogP contribution is 2.29. The van der Waals surface area contributed by atoms with Crippen molar-refractivity contribution in [3.05, 3.63) is 117 Å². The molecule has 9 nitrogen and oxygen atoms in total. The molecule has 6 aromatic rings. The molecule has 4 aromatic heterocycles. The van der Waals surface area contributed by atoms with Crippen molar-refractivity contribution in [3.8, 4) is 29.0 Å². The van der Waals surface area contributed by atoms with Crippen LogP contribution in [-0.2, 0) is 31.4 Å². The van der Waals surface area contributed by atoms with Gasteiger partial charge in [0.1, 0.15) is 24.1 Å². The number of aromatic nitrogens is 5. The Morgan fingerprint density at radius 2 is 1.98 bits per heavy atom. The number of benzene rings is 2. The number of carboxylic acids is 1. The molecule has 1 unspecified atom stereocenters. The topological polar surface area (TPSA) is 104 Å². The molecule has 0 bridgehead atoms. The van der Waals surface area contributed by atoms with Gasteiger partial charge < -0.3 is 19.1 Å². The smallest absolute Gasteiger partial charge is 0.335 e. The standard InChI is InChI=1S/C35H27F2N5O4S/c1-41-18-21(17-38-41)5-7-25-8-9-26(47-25)20-46-34-4-2-3-30(40-34)27-16-28(36)23(13-29(27)37)15-33-39-31-10-6-22(35(43)44)14-32(31)42(33)19-24-11-12-45-24/h2-4,6,8-10,13-14,16-18,24H,11-12,15,19-20H2,1H3,(H,43,44). The maximum Gasteiger partial charge on any atom is 0.335 e. The van der Waals surface area contributed by atoms with E-state index in [1.807, 2.05) is 29.9 Å². The fourth-order valence-electron chi connectivity index (χ4n) is 5.30. The number of aromatic carboxylic acids is 1. The first-order valence-electron chi connectivity index (χ1n) is 14.8. The highest BCUT2D eigenvalue weighted by atomic mass is 32.1. The summed E-state index contributed by atoms with van der Waals surface area (Å²) in [5.41, 5.74) is 2.46. The van der Waals surface area contributed by atoms with Crippen molar-refractivity contribution in [3.63, 3.8) is 0 Å². The van der Waals surface area contributed by atoms with Gasteiger partial charge in [0.2, 0.25) is 5.88 Å². The minimum absolute atomic E-state index is 0.00116. The number of hydrogen-bond acceptors (Lipinski definition) is 7. The number of imidazole rings is 1. The SMILES string of the molecule is Cn1cc(C#Cc2ccc(COc3cccc(-c4cc(F)c(Cc5nc6ccc(C(=O)O)cc6n5CC5CCO5)cc4F)n3)s2)cn1. The van der Waals surface area contributed by atoms with E-state index in [0.29, 0.717) is 30.0 Å². The Hall–Kier alpha value is -5.38. The van der Waals surface area contributed by atoms with Crippen molar-refractivity contribution in [2.45, 2.75) is 32.1 Å². The van der Waals surface area contributed by atoms with E-state index in [4.69, 9.17) is 9.47 Å². The molecule has 2 aromatic carbocycles. The highest BCUT2D eigenvalue weighted by Gasteiger charge is 2.24. The third kappa shape index (κ3) is 6.63. The van der Waals surface area contributed by atoms with E-state index in [1.165, 1.54) is 17.4 Å². The minimum Gasteiger partial charge on any atom is -0.478 e. The van der Waals surface area contributed by atoms with E-state index < -0.39 is 17.6 Å². The molecule has 1 atom stereocenters. The van der Waals surface area contributed by atoms with Crippen molar-refractivity contribution in [2.75, 3.05) is 6.61 Å². The zero-order chi connectivity index (χ0) is 32.5. The summed E-state index contributed by atoms with van der Waals surface area (Å²) in [5.74, 6) is 4.64. The number of halogens is 2. The third-order valence-electron chi connectivity index (χ3n) is 7.80. The summed E-state index contributed by atoms with van der Waals surface area (Å²) in [6.45, 7) is 1.32. The molecule has 47 heavy (non-hydrogen) atoms. The van der Waals surface area contributed by atoms with Crippen molar-refractivity contribution in [2.24, 2.45) is 7.05 Å². The van der Waals surface area contributed by atoms with Gasteiger partial charge in [-0.15, -0.1) is 11.3 Å². The maximum atomic E-state index is 15.6. The molecule has 1 saturated heterocycles. The Kier molecular flexibility index (Phi) is 8.24. The van der Waals surface area contributed by atoms with Gasteiger partial charge >= 0.3 is 5.97 Å². The summed E-state index contributed by atoms with van der Waals surface area (Å²) in [4.78, 5) is 22.5. The number of carbonyl (C=O) groups is 1. The summed E-state index contributed by atoms with van der Waals surface area (Å²) >= 11 is 1.49. The van der Waals surface area contributed by atoms with Crippen LogP contribution in [0.3, 0.4) is 0 Å². The zero-order valence-corrected chi connectivity index (χ0v) is 25.9. The van der Waals surface area contributed by atoms with Gasteiger partial charge in [0.15, 0.2) is 0 Å². The number of pyridine rings is 1. The number of ether oxygens (including phenoxy) is 2. The van der Waals surface area contributed by atoms with Gasteiger partial charge in [0.25, 0.3) is 0 Å². The number of hydrogen-bond donors (Lipinski definition) is 1. The van der Waals surface area contributed by atoms with Crippen LogP contribution in [0.15, 0.2) is 73.1 Å². The lowest BCUT2D eigenvalue weighted by atomic mass is 10.0. The molecule has 1 aliphatic heterocycles. The predicted octanol–water partition coefficient (Wildman–Crippen LogP) is 6.23. The molecule has 0 radical (unpaired) electrons. The molecule has 0 aliphatic carbocycles. The second-order valence-corrected chi connectivity index (χ2v) is 12.3. The number of nitrogens with zero attached hydrogens (tertiary/aromatic N) is 5. The molecule has 0 spiro atoms. The molecule has 12 heteroatoms. The molecule has 5 heterocycles. The number of thiophene rings is 1. The monoisotopic (exact) mass is 651 g/mol. The number of carboxylic acid groups (broad SMARTS) is 1. The van der Waals surface area contributed by atoms with Crippen LogP contribution in [0.2, 0.25) is 0 Å². The summed E-state index contributed by atoms with van der Waals surface area (Å²) < 4.78 is 46.1. The average molecular weight is 652 g/mol. The number of fused-ring (bicyclic) bond motifs is 1. The van der Waals surface area contributed by atoms with E-state index in [9.17, 15) is 9.90 Å². The van der Waals surface area contributed by atoms with Crippen LogP contribution in [0.25, 0.3) is 22.3 Å². The molecule has 1 fully saturated rings. The second-order valence-electron chi connectivity index (χ2n) is 11.1. The van der Waals surface area contributed by atoms with Crippen LogP contribution >= 0.6 is 11.3 Å². The molecule has 0 amide bonds. The fourth-order valence-corrected chi connectivity index (χ4v) is 6.07. The molecular formula is C35H27F2N5O4S. The Morgan fingerprint density at radius 1 is 1.11 bits per heavy atom. The zero-order valence-electron chi connectivity index (χ0n) is 25.1. The van der Waals surface area contributed by atoms with Gasteiger partial charge in [-0.2, -0.15) is 5.10 Å². The Morgan fingerprint density at radius 3 is 2.74 bits per heavy atom. The van der Waals surface area contributed by atoms with Crippen LogP contribution in [0.5, 0.6) is 5.88 Å². The summed E-state index contributed by atoms with van der Waals surface area (Å²) in [7, 11) is 1.84. The lowest BCUT2D eigenvalue weighted by molar-refractivity contribution is -0.0589. The van der Waals surface area contributed by atoms with E-state index in [-0.39, 0.29) is 47.4 Å². The largest absolute Gasteiger partial charge is 0.478 e. The summed E-state index contributed by atoms with van der Waals surface area (Å²) in [6.07, 6.45) is 4.33. The molecule has 1 N–H and O–H groups in total. The van der Waals surface area contributed by atoms with Crippen LogP contribution in [0.1, 0.15) is 43.5 Å². The Balaban J connectivity index is 1.08. The van der Waals surface area contributed by atoms with Crippen molar-refractivity contribution >= 4 is 28.3 Å². The molecule has 1 aliphatic rings. The lowest BCUT2D eigenvalue weighted by Crippen LogP contribution is -2.31. The summed E-state index contributed by atoms with van der Waals surface area (Å²) in [6, 6.07) is 15.7. The molecule has 7 rings (SSSR count). The average Bonchev–Trinajstić information content (AvgIpc) is 3.76. The van der Waals surface area contributed by atoms with E-state index >= 15 is 8.78 Å². The van der Waals surface area contributed by atoms with Gasteiger partial charge in [0.05, 0.1) is 51.6 Å². The maximum absolute atomic E-state index is 15.6. The summed E-state index contributed by atoms with van der Waals surface area (Å²) in [5, 5.41) is 13.6. The lowest BCUT2D eigenvalue weighted by Gasteiger charge is -2.27. The molecule has 0 saturated carbocycles. The van der Waals surface area contributed by atoms with Crippen molar-refractivity contribution in [1.29, 1.82) is 0 Å². The van der Waals surface area contributed by atoms with Crippen LogP contribution < -0.4 is 4.74 Å². The number of rotatable bonds is 9. The fraction of sp³-hybridized carbons (Fsp3) is 0.200. The molecule has 236 valence electrons. The third-order valence-corrected chi connectivity index (χ3v) is 8.77. The highest BCUT2D eigenvalue weighted by molar-refractivity contribution is 7.12. The predicted molar refractivity (Wildman–Crippen MR) is 171 cm³/mol. The van der Waals surface area contributed by atoms with Crippen LogP contribution in [0, 0.1) is 23.5 Å². The van der Waals surface area contributed by atoms with E-state index in [0.717, 1.165) is 33.9 Å². The second kappa shape index (κ2) is 12.8. The normalized spacial score (nSPS) is 14.1. The first kappa shape index (κ1) is 30.3. The van der Waals surface area contributed by atoms with E-state index in [1.54, 1.807) is 41.2 Å². The first-order valence-corrected chi connectivity index (χ1v) is 15.6. The van der Waals surface area contributed by atoms with Gasteiger partial charge in [-0.1, -0.05) is 17.9 Å². The Labute approximate surface area is 272 Å². The van der Waals surface area contributed by atoms with Gasteiger partial charge in [-0.3, -0.25) is 4.68 Å². The minimum atomic E-state index is -1.06. The Bertz CT molecular complexity index is 2190. The van der Waals surface area contributed by atoms with Gasteiger partial charge in [-0.25, -0.2) is 23.5 Å². The van der Waals surface area contributed by atoms with Crippen molar-refractivity contribution in [1.82, 2.24) is 24.3 Å². The van der Waals surface area contributed by atoms with Crippen LogP contribution in [-0.4, -0.2) is 48.1 Å². The first-order chi connectivity index (χ1) is 22.8. The number of aryl methyl sites for hydroxylation is 1. The molecular weight excluding hydrogens is 624 g/mol. The van der Waals surface area contributed by atoms with Crippen molar-refractivity contribution < 1.29 is 28.2 Å². The van der Waals surface area contributed by atoms with E-state index in [2.05, 4.69) is 26.9 Å². The van der Waals surface area contributed by atoms with Gasteiger partial charge in [-0.05, 0) is 60.5 Å².